The molecular weight excluding hydrogens is 267 g/mol. The molecule has 2 aliphatic heterocycles. The molecule has 1 spiro atoms. The molecule has 2 saturated heterocycles. The number of likely N-dealkylation sites (tertiary alicyclic amines) is 1. The first-order valence-corrected chi connectivity index (χ1v) is 6.04. The van der Waals surface area contributed by atoms with Crippen LogP contribution in [0.2, 0.25) is 0 Å². The lowest BCUT2D eigenvalue weighted by Gasteiger charge is -2.21. The van der Waals surface area contributed by atoms with Crippen LogP contribution in [0.1, 0.15) is 16.8 Å². The third kappa shape index (κ3) is 1.80. The van der Waals surface area contributed by atoms with Gasteiger partial charge in [-0.15, -0.1) is 0 Å². The first-order chi connectivity index (χ1) is 9.52. The highest BCUT2D eigenvalue weighted by molar-refractivity contribution is 6.08. The van der Waals surface area contributed by atoms with Gasteiger partial charge in [-0.2, -0.15) is 0 Å². The van der Waals surface area contributed by atoms with Crippen molar-refractivity contribution >= 4 is 17.8 Å². The summed E-state index contributed by atoms with van der Waals surface area (Å²) in [6, 6.07) is 0.718. The molecule has 2 aliphatic rings. The van der Waals surface area contributed by atoms with Gasteiger partial charge in [0, 0.05) is 12.7 Å². The third-order valence-corrected chi connectivity index (χ3v) is 3.57. The largest absolute Gasteiger partial charge is 0.336 e. The highest BCUT2D eigenvalue weighted by Crippen LogP contribution is 2.26. The minimum atomic E-state index is -1.09. The highest BCUT2D eigenvalue weighted by Gasteiger charge is 2.51. The van der Waals surface area contributed by atoms with Gasteiger partial charge < -0.3 is 10.2 Å². The van der Waals surface area contributed by atoms with Gasteiger partial charge in [-0.05, 0) is 12.5 Å². The number of hydrogen-bond acceptors (Lipinski definition) is 4. The van der Waals surface area contributed by atoms with Gasteiger partial charge in [-0.25, -0.2) is 9.18 Å². The maximum Gasteiger partial charge on any atom is 0.322 e. The molecule has 4 amide bonds. The van der Waals surface area contributed by atoms with Crippen molar-refractivity contribution in [3.05, 3.63) is 29.8 Å². The predicted octanol–water partition coefficient (Wildman–Crippen LogP) is -0.355. The van der Waals surface area contributed by atoms with Gasteiger partial charge in [0.15, 0.2) is 5.82 Å². The zero-order valence-electron chi connectivity index (χ0n) is 10.4. The monoisotopic (exact) mass is 278 g/mol. The molecule has 1 atom stereocenters. The SMILES string of the molecule is O=C1NC(=O)C2(CCN(C(=O)c3ccncc3F)C2)N1. The number of nitrogens with one attached hydrogen (secondary N) is 2. The maximum absolute atomic E-state index is 13.5. The molecule has 1 aromatic rings. The Bertz CT molecular complexity index is 620. The lowest BCUT2D eigenvalue weighted by atomic mass is 9.99. The summed E-state index contributed by atoms with van der Waals surface area (Å²) >= 11 is 0. The summed E-state index contributed by atoms with van der Waals surface area (Å²) in [6.45, 7) is 0.305. The summed E-state index contributed by atoms with van der Waals surface area (Å²) in [7, 11) is 0. The molecule has 20 heavy (non-hydrogen) atoms. The van der Waals surface area contributed by atoms with Gasteiger partial charge in [0.1, 0.15) is 5.54 Å². The third-order valence-electron chi connectivity index (χ3n) is 3.57. The number of hydrogen-bond donors (Lipinski definition) is 2. The van der Waals surface area contributed by atoms with Crippen molar-refractivity contribution in [1.82, 2.24) is 20.5 Å². The number of imide groups is 1. The van der Waals surface area contributed by atoms with Crippen LogP contribution in [0.4, 0.5) is 9.18 Å². The molecule has 2 N–H and O–H groups in total. The number of pyridine rings is 1. The van der Waals surface area contributed by atoms with Crippen molar-refractivity contribution in [1.29, 1.82) is 0 Å². The number of urea groups is 1. The fraction of sp³-hybridized carbons (Fsp3) is 0.333. The lowest BCUT2D eigenvalue weighted by molar-refractivity contribution is -0.123. The van der Waals surface area contributed by atoms with Crippen molar-refractivity contribution < 1.29 is 18.8 Å². The van der Waals surface area contributed by atoms with Crippen molar-refractivity contribution in [3.63, 3.8) is 0 Å². The first-order valence-electron chi connectivity index (χ1n) is 6.04. The molecule has 1 aromatic heterocycles. The van der Waals surface area contributed by atoms with Gasteiger partial charge >= 0.3 is 6.03 Å². The van der Waals surface area contributed by atoms with E-state index in [-0.39, 0.29) is 18.7 Å². The van der Waals surface area contributed by atoms with E-state index in [1.807, 2.05) is 0 Å². The molecular formula is C12H11FN4O3. The van der Waals surface area contributed by atoms with E-state index in [9.17, 15) is 18.8 Å². The number of carbonyl (C=O) groups is 3. The molecule has 0 bridgehead atoms. The van der Waals surface area contributed by atoms with Gasteiger partial charge in [-0.3, -0.25) is 19.9 Å². The Morgan fingerprint density at radius 3 is 2.90 bits per heavy atom. The van der Waals surface area contributed by atoms with E-state index in [2.05, 4.69) is 15.6 Å². The number of nitrogens with zero attached hydrogens (tertiary/aromatic N) is 2. The van der Waals surface area contributed by atoms with Gasteiger partial charge in [0.05, 0.1) is 18.3 Å². The van der Waals surface area contributed by atoms with E-state index in [4.69, 9.17) is 0 Å². The molecule has 0 radical (unpaired) electrons. The average Bonchev–Trinajstić information content (AvgIpc) is 2.95. The second-order valence-corrected chi connectivity index (χ2v) is 4.82. The van der Waals surface area contributed by atoms with Crippen LogP contribution in [0.3, 0.4) is 0 Å². The summed E-state index contributed by atoms with van der Waals surface area (Å²) < 4.78 is 13.5. The van der Waals surface area contributed by atoms with Crippen LogP contribution < -0.4 is 10.6 Å². The zero-order valence-corrected chi connectivity index (χ0v) is 10.4. The molecule has 2 fully saturated rings. The normalized spacial score (nSPS) is 24.9. The van der Waals surface area contributed by atoms with Gasteiger partial charge in [0.2, 0.25) is 0 Å². The smallest absolute Gasteiger partial charge is 0.322 e. The molecule has 7 nitrogen and oxygen atoms in total. The number of carbonyl (C=O) groups excluding carboxylic acids is 3. The summed E-state index contributed by atoms with van der Waals surface area (Å²) in [5.41, 5.74) is -1.18. The maximum atomic E-state index is 13.5. The summed E-state index contributed by atoms with van der Waals surface area (Å²) in [4.78, 5) is 40.1. The van der Waals surface area contributed by atoms with Crippen LogP contribution in [0.5, 0.6) is 0 Å². The van der Waals surface area contributed by atoms with E-state index in [0.29, 0.717) is 6.42 Å². The van der Waals surface area contributed by atoms with E-state index in [1.165, 1.54) is 17.2 Å². The summed E-state index contributed by atoms with van der Waals surface area (Å²) in [5.74, 6) is -1.68. The first kappa shape index (κ1) is 12.5. The fourth-order valence-electron chi connectivity index (χ4n) is 2.52. The van der Waals surface area contributed by atoms with E-state index in [1.54, 1.807) is 0 Å². The van der Waals surface area contributed by atoms with Crippen LogP contribution in [-0.2, 0) is 4.79 Å². The van der Waals surface area contributed by atoms with Crippen LogP contribution in [0.25, 0.3) is 0 Å². The molecule has 104 valence electrons. The van der Waals surface area contributed by atoms with Crippen molar-refractivity contribution in [2.75, 3.05) is 13.1 Å². The Morgan fingerprint density at radius 1 is 1.45 bits per heavy atom. The van der Waals surface area contributed by atoms with Crippen LogP contribution in [0, 0.1) is 5.82 Å². The van der Waals surface area contributed by atoms with Crippen molar-refractivity contribution in [3.8, 4) is 0 Å². The second kappa shape index (κ2) is 4.26. The predicted molar refractivity (Wildman–Crippen MR) is 64.1 cm³/mol. The molecule has 8 heteroatoms. The van der Waals surface area contributed by atoms with Gasteiger partial charge in [0.25, 0.3) is 11.8 Å². The van der Waals surface area contributed by atoms with Crippen molar-refractivity contribution in [2.24, 2.45) is 0 Å². The second-order valence-electron chi connectivity index (χ2n) is 4.82. The Hall–Kier alpha value is -2.51. The Labute approximate surface area is 113 Å². The van der Waals surface area contributed by atoms with E-state index in [0.717, 1.165) is 6.20 Å². The van der Waals surface area contributed by atoms with Crippen LogP contribution in [0.15, 0.2) is 18.5 Å². The van der Waals surface area contributed by atoms with Gasteiger partial charge in [-0.1, -0.05) is 0 Å². The number of halogens is 1. The molecule has 0 aliphatic carbocycles. The molecule has 0 saturated carbocycles. The minimum Gasteiger partial charge on any atom is -0.336 e. The topological polar surface area (TPSA) is 91.4 Å². The molecule has 1 unspecified atom stereocenters. The summed E-state index contributed by atoms with van der Waals surface area (Å²) in [5, 5.41) is 4.68. The van der Waals surface area contributed by atoms with E-state index < -0.39 is 29.2 Å². The fourth-order valence-corrected chi connectivity index (χ4v) is 2.52. The van der Waals surface area contributed by atoms with E-state index >= 15 is 0 Å². The lowest BCUT2D eigenvalue weighted by Crippen LogP contribution is -2.49. The molecule has 3 rings (SSSR count). The standard InChI is InChI=1S/C12H11FN4O3/c13-8-5-14-3-1-7(8)9(18)17-4-2-12(6-17)10(19)15-11(20)16-12/h1,3,5H,2,4,6H2,(H2,15,16,19,20). The Balaban J connectivity index is 1.81. The Morgan fingerprint density at radius 2 is 2.25 bits per heavy atom. The molecule has 0 aromatic carbocycles. The minimum absolute atomic E-state index is 0.0329. The summed E-state index contributed by atoms with van der Waals surface area (Å²) in [6.07, 6.45) is 2.60. The number of amides is 4. The Kier molecular flexibility index (Phi) is 2.66. The quantitative estimate of drug-likeness (QED) is 0.687. The van der Waals surface area contributed by atoms with Crippen LogP contribution >= 0.6 is 0 Å². The number of rotatable bonds is 1. The van der Waals surface area contributed by atoms with Crippen molar-refractivity contribution in [2.45, 2.75) is 12.0 Å². The zero-order chi connectivity index (χ0) is 14.3. The van der Waals surface area contributed by atoms with Crippen LogP contribution in [-0.4, -0.2) is 46.4 Å². The number of aromatic nitrogens is 1. The average molecular weight is 278 g/mol. The molecule has 3 heterocycles. The highest BCUT2D eigenvalue weighted by atomic mass is 19.1.